The molecule has 29 heavy (non-hydrogen) atoms. The Kier molecular flexibility index (Phi) is 4.13. The Morgan fingerprint density at radius 1 is 1.10 bits per heavy atom. The van der Waals surface area contributed by atoms with Gasteiger partial charge in [0, 0.05) is 23.5 Å². The minimum atomic E-state index is -0.300. The molecule has 1 heterocycles. The summed E-state index contributed by atoms with van der Waals surface area (Å²) in [4.78, 5) is 12.3. The first-order valence-electron chi connectivity index (χ1n) is 9.74. The summed E-state index contributed by atoms with van der Waals surface area (Å²) in [6, 6.07) is 18.3. The van der Waals surface area contributed by atoms with E-state index in [-0.39, 0.29) is 29.0 Å². The van der Waals surface area contributed by atoms with E-state index in [1.165, 1.54) is 12.1 Å². The molecule has 2 aromatic carbocycles. The third-order valence-corrected chi connectivity index (χ3v) is 5.95. The van der Waals surface area contributed by atoms with Crippen molar-refractivity contribution in [3.8, 4) is 23.0 Å². The lowest BCUT2D eigenvalue weighted by molar-refractivity contribution is -0.116. The molecule has 0 fully saturated rings. The number of carbonyl (C=O) groups excluding carboxylic acids is 1. The van der Waals surface area contributed by atoms with E-state index in [2.05, 4.69) is 6.07 Å². The Balaban J connectivity index is 1.75. The first-order chi connectivity index (χ1) is 14.2. The van der Waals surface area contributed by atoms with Crippen LogP contribution in [0.1, 0.15) is 30.0 Å². The van der Waals surface area contributed by atoms with Crippen LogP contribution in [-0.4, -0.2) is 15.6 Å². The van der Waals surface area contributed by atoms with E-state index in [0.29, 0.717) is 6.42 Å². The van der Waals surface area contributed by atoms with Crippen molar-refractivity contribution < 1.29 is 9.18 Å². The molecule has 0 bridgehead atoms. The third kappa shape index (κ3) is 2.89. The van der Waals surface area contributed by atoms with Gasteiger partial charge in [0.25, 0.3) is 0 Å². The van der Waals surface area contributed by atoms with Crippen LogP contribution in [0.4, 0.5) is 4.39 Å². The van der Waals surface area contributed by atoms with E-state index in [9.17, 15) is 14.4 Å². The molecule has 142 valence electrons. The quantitative estimate of drug-likeness (QED) is 0.642. The van der Waals surface area contributed by atoms with Crippen LogP contribution in [0.2, 0.25) is 0 Å². The number of aromatic nitrogens is 2. The van der Waals surface area contributed by atoms with E-state index >= 15 is 0 Å². The second-order valence-electron chi connectivity index (χ2n) is 7.61. The van der Waals surface area contributed by atoms with Crippen molar-refractivity contribution in [2.24, 2.45) is 5.92 Å². The summed E-state index contributed by atoms with van der Waals surface area (Å²) >= 11 is 0. The maximum atomic E-state index is 13.5. The van der Waals surface area contributed by atoms with Crippen LogP contribution in [0.25, 0.3) is 16.9 Å². The molecule has 2 atom stereocenters. The van der Waals surface area contributed by atoms with Crippen molar-refractivity contribution >= 4 is 5.78 Å². The summed E-state index contributed by atoms with van der Waals surface area (Å²) in [6.07, 6.45) is 3.90. The largest absolute Gasteiger partial charge is 0.293 e. The number of carbonyl (C=O) groups is 1. The highest BCUT2D eigenvalue weighted by Gasteiger charge is 2.39. The number of hydrogen-bond donors (Lipinski definition) is 0. The van der Waals surface area contributed by atoms with Gasteiger partial charge in [-0.2, -0.15) is 10.4 Å². The van der Waals surface area contributed by atoms with E-state index < -0.39 is 0 Å². The van der Waals surface area contributed by atoms with Gasteiger partial charge in [0.05, 0.1) is 22.6 Å². The lowest BCUT2D eigenvalue weighted by atomic mass is 9.71. The number of halogens is 1. The minimum absolute atomic E-state index is 0.0545. The van der Waals surface area contributed by atoms with Crippen molar-refractivity contribution in [1.82, 2.24) is 9.78 Å². The Hall–Kier alpha value is -3.52. The zero-order valence-corrected chi connectivity index (χ0v) is 15.7. The fraction of sp³-hybridized carbons (Fsp3) is 0.208. The molecule has 2 aliphatic carbocycles. The molecule has 5 heteroatoms. The normalized spacial score (nSPS) is 20.4. The van der Waals surface area contributed by atoms with Gasteiger partial charge in [-0.1, -0.05) is 36.4 Å². The van der Waals surface area contributed by atoms with Gasteiger partial charge in [-0.25, -0.2) is 9.07 Å². The molecular formula is C24H18FN3O. The third-order valence-electron chi connectivity index (χ3n) is 5.95. The average molecular weight is 383 g/mol. The van der Waals surface area contributed by atoms with E-state index in [4.69, 9.17) is 5.10 Å². The predicted octanol–water partition coefficient (Wildman–Crippen LogP) is 4.75. The zero-order chi connectivity index (χ0) is 20.0. The van der Waals surface area contributed by atoms with Gasteiger partial charge in [0.15, 0.2) is 5.78 Å². The Morgan fingerprint density at radius 3 is 2.59 bits per heavy atom. The molecule has 0 spiro atoms. The van der Waals surface area contributed by atoms with E-state index in [1.54, 1.807) is 12.1 Å². The summed E-state index contributed by atoms with van der Waals surface area (Å²) in [7, 11) is 0. The number of fused-ring (bicyclic) bond motifs is 3. The van der Waals surface area contributed by atoms with Gasteiger partial charge in [0.2, 0.25) is 0 Å². The highest BCUT2D eigenvalue weighted by Crippen LogP contribution is 2.46. The second kappa shape index (κ2) is 6.82. The summed E-state index contributed by atoms with van der Waals surface area (Å²) < 4.78 is 15.4. The van der Waals surface area contributed by atoms with E-state index in [1.807, 2.05) is 41.1 Å². The van der Waals surface area contributed by atoms with Crippen LogP contribution < -0.4 is 0 Å². The molecule has 4 nitrogen and oxygen atoms in total. The van der Waals surface area contributed by atoms with E-state index in [0.717, 1.165) is 41.0 Å². The Bertz CT molecular complexity index is 1170. The topological polar surface area (TPSA) is 58.7 Å². The molecule has 0 saturated heterocycles. The number of nitrogens with zero attached hydrogens (tertiary/aromatic N) is 3. The maximum absolute atomic E-state index is 13.5. The lowest BCUT2D eigenvalue weighted by Crippen LogP contribution is -2.28. The summed E-state index contributed by atoms with van der Waals surface area (Å²) in [5.74, 6) is -0.271. The van der Waals surface area contributed by atoms with Crippen molar-refractivity contribution in [1.29, 1.82) is 5.26 Å². The van der Waals surface area contributed by atoms with Crippen molar-refractivity contribution in [2.75, 3.05) is 0 Å². The summed E-state index contributed by atoms with van der Waals surface area (Å²) in [6.45, 7) is 0. The number of allylic oxidation sites excluding steroid dienone is 2. The fourth-order valence-corrected chi connectivity index (χ4v) is 4.56. The van der Waals surface area contributed by atoms with Crippen LogP contribution in [0.15, 0.2) is 66.2 Å². The molecule has 0 aliphatic heterocycles. The molecular weight excluding hydrogens is 365 g/mol. The molecule has 0 radical (unpaired) electrons. The molecule has 2 unspecified atom stereocenters. The SMILES string of the molecule is N#CC1=CC2c3c(c(-c4ccccc4)nn3-c3ccc(F)cc3)CCC2CC1=O. The second-order valence-corrected chi connectivity index (χ2v) is 7.61. The van der Waals surface area contributed by atoms with Gasteiger partial charge < -0.3 is 0 Å². The lowest BCUT2D eigenvalue weighted by Gasteiger charge is -2.33. The van der Waals surface area contributed by atoms with Crippen LogP contribution >= 0.6 is 0 Å². The number of rotatable bonds is 2. The van der Waals surface area contributed by atoms with Gasteiger partial charge in [-0.3, -0.25) is 4.79 Å². The van der Waals surface area contributed by atoms with Crippen molar-refractivity contribution in [3.05, 3.63) is 83.3 Å². The highest BCUT2D eigenvalue weighted by atomic mass is 19.1. The van der Waals surface area contributed by atoms with Gasteiger partial charge >= 0.3 is 0 Å². The molecule has 5 rings (SSSR count). The standard InChI is InChI=1S/C24H18FN3O/c25-18-7-9-19(10-8-18)28-24-20(23(27-28)15-4-2-1-3-5-15)11-6-16-13-22(29)17(14-26)12-21(16)24/h1-5,7-10,12,16,21H,6,11,13H2. The molecule has 0 amide bonds. The number of hydrogen-bond acceptors (Lipinski definition) is 3. The predicted molar refractivity (Wildman–Crippen MR) is 107 cm³/mol. The number of ketones is 1. The number of benzene rings is 2. The van der Waals surface area contributed by atoms with Gasteiger partial charge in [0.1, 0.15) is 11.9 Å². The first kappa shape index (κ1) is 17.6. The first-order valence-corrected chi connectivity index (χ1v) is 9.74. The van der Waals surface area contributed by atoms with Gasteiger partial charge in [-0.15, -0.1) is 0 Å². The molecule has 3 aromatic rings. The number of nitriles is 1. The molecule has 2 aliphatic rings. The Labute approximate surface area is 167 Å². The van der Waals surface area contributed by atoms with Crippen LogP contribution in [0.5, 0.6) is 0 Å². The van der Waals surface area contributed by atoms with Crippen LogP contribution in [0, 0.1) is 23.1 Å². The Morgan fingerprint density at radius 2 is 1.86 bits per heavy atom. The fourth-order valence-electron chi connectivity index (χ4n) is 4.56. The number of Topliss-reactive ketones (excluding diaryl/α,β-unsaturated/α-hetero) is 1. The molecule has 0 saturated carbocycles. The monoisotopic (exact) mass is 383 g/mol. The van der Waals surface area contributed by atoms with Crippen molar-refractivity contribution in [2.45, 2.75) is 25.2 Å². The van der Waals surface area contributed by atoms with Gasteiger partial charge in [-0.05, 0) is 43.0 Å². The average Bonchev–Trinajstić information content (AvgIpc) is 3.14. The molecule has 1 aromatic heterocycles. The minimum Gasteiger partial charge on any atom is -0.293 e. The zero-order valence-electron chi connectivity index (χ0n) is 15.7. The summed E-state index contributed by atoms with van der Waals surface area (Å²) in [5, 5.41) is 14.3. The van der Waals surface area contributed by atoms with Crippen LogP contribution in [0.3, 0.4) is 0 Å². The molecule has 0 N–H and O–H groups in total. The summed E-state index contributed by atoms with van der Waals surface area (Å²) in [5.41, 5.74) is 5.09. The smallest absolute Gasteiger partial charge is 0.173 e. The maximum Gasteiger partial charge on any atom is 0.173 e. The highest BCUT2D eigenvalue weighted by molar-refractivity contribution is 6.00. The van der Waals surface area contributed by atoms with Crippen LogP contribution in [-0.2, 0) is 11.2 Å². The van der Waals surface area contributed by atoms with Crippen molar-refractivity contribution in [3.63, 3.8) is 0 Å².